The van der Waals surface area contributed by atoms with Gasteiger partial charge in [0, 0.05) is 6.04 Å². The molecule has 6 heteroatoms. The van der Waals surface area contributed by atoms with Gasteiger partial charge in [-0.25, -0.2) is 0 Å². The van der Waals surface area contributed by atoms with Crippen LogP contribution in [0.2, 0.25) is 0 Å². The summed E-state index contributed by atoms with van der Waals surface area (Å²) in [6.07, 6.45) is 4.69. The number of nitrogens with one attached hydrogen (secondary N) is 1. The molecule has 1 heterocycles. The number of aryl methyl sites for hydroxylation is 1. The van der Waals surface area contributed by atoms with Crippen LogP contribution in [0, 0.1) is 6.92 Å². The number of rotatable bonds is 8. The molecule has 0 aliphatic carbocycles. The predicted molar refractivity (Wildman–Crippen MR) is 77.1 cm³/mol. The molecule has 0 spiro atoms. The summed E-state index contributed by atoms with van der Waals surface area (Å²) in [5, 5.41) is 11.8. The lowest BCUT2D eigenvalue weighted by Gasteiger charge is -2.12. The van der Waals surface area contributed by atoms with Crippen molar-refractivity contribution >= 4 is 29.0 Å². The van der Waals surface area contributed by atoms with Gasteiger partial charge in [0.15, 0.2) is 4.34 Å². The Hall–Kier alpha value is -0.620. The van der Waals surface area contributed by atoms with E-state index in [4.69, 9.17) is 0 Å². The standard InChI is InChI=1S/C12H21N3OS2/c1-4-5-6-7-9(2)13-11(16)8-17-12-15-14-10(3)18-12/h9H,4-8H2,1-3H3,(H,13,16). The van der Waals surface area contributed by atoms with Crippen LogP contribution in [-0.2, 0) is 4.79 Å². The fraction of sp³-hybridized carbons (Fsp3) is 0.750. The van der Waals surface area contributed by atoms with Crippen LogP contribution in [0.4, 0.5) is 0 Å². The number of hydrogen-bond donors (Lipinski definition) is 1. The third-order valence-corrected chi connectivity index (χ3v) is 4.45. The van der Waals surface area contributed by atoms with E-state index in [1.165, 1.54) is 42.4 Å². The van der Waals surface area contributed by atoms with Crippen molar-refractivity contribution in [1.82, 2.24) is 15.5 Å². The average Bonchev–Trinajstić information content (AvgIpc) is 2.73. The lowest BCUT2D eigenvalue weighted by molar-refractivity contribution is -0.119. The molecule has 0 bridgehead atoms. The molecule has 18 heavy (non-hydrogen) atoms. The van der Waals surface area contributed by atoms with E-state index in [1.54, 1.807) is 0 Å². The van der Waals surface area contributed by atoms with Gasteiger partial charge in [0.1, 0.15) is 5.01 Å². The largest absolute Gasteiger partial charge is 0.353 e. The summed E-state index contributed by atoms with van der Waals surface area (Å²) in [5.41, 5.74) is 0. The van der Waals surface area contributed by atoms with Crippen LogP contribution < -0.4 is 5.32 Å². The summed E-state index contributed by atoms with van der Waals surface area (Å²) in [4.78, 5) is 11.7. The van der Waals surface area contributed by atoms with Gasteiger partial charge in [0.2, 0.25) is 5.91 Å². The highest BCUT2D eigenvalue weighted by Crippen LogP contribution is 2.21. The average molecular weight is 287 g/mol. The monoisotopic (exact) mass is 287 g/mol. The van der Waals surface area contributed by atoms with Crippen LogP contribution >= 0.6 is 23.1 Å². The summed E-state index contributed by atoms with van der Waals surface area (Å²) in [6, 6.07) is 0.265. The van der Waals surface area contributed by atoms with Gasteiger partial charge in [-0.2, -0.15) is 0 Å². The number of carbonyl (C=O) groups is 1. The summed E-state index contributed by atoms with van der Waals surface area (Å²) < 4.78 is 0.862. The SMILES string of the molecule is CCCCCC(C)NC(=O)CSc1nnc(C)s1. The predicted octanol–water partition coefficient (Wildman–Crippen LogP) is 3.02. The van der Waals surface area contributed by atoms with E-state index in [2.05, 4.69) is 29.4 Å². The van der Waals surface area contributed by atoms with Gasteiger partial charge < -0.3 is 5.32 Å². The molecule has 1 aromatic heterocycles. The smallest absolute Gasteiger partial charge is 0.230 e. The maximum absolute atomic E-state index is 11.7. The summed E-state index contributed by atoms with van der Waals surface area (Å²) >= 11 is 2.98. The van der Waals surface area contributed by atoms with Crippen molar-refractivity contribution in [3.63, 3.8) is 0 Å². The molecule has 0 aromatic carbocycles. The number of hydrogen-bond acceptors (Lipinski definition) is 5. The summed E-state index contributed by atoms with van der Waals surface area (Å²) in [7, 11) is 0. The second-order valence-electron chi connectivity index (χ2n) is 4.34. The number of amides is 1. The molecule has 0 aliphatic heterocycles. The molecular weight excluding hydrogens is 266 g/mol. The van der Waals surface area contributed by atoms with E-state index < -0.39 is 0 Å². The van der Waals surface area contributed by atoms with Crippen molar-refractivity contribution in [2.45, 2.75) is 56.8 Å². The first-order chi connectivity index (χ1) is 8.61. The molecule has 102 valence electrons. The molecule has 1 unspecified atom stereocenters. The van der Waals surface area contributed by atoms with E-state index >= 15 is 0 Å². The number of carbonyl (C=O) groups excluding carboxylic acids is 1. The van der Waals surface area contributed by atoms with E-state index in [-0.39, 0.29) is 11.9 Å². The maximum Gasteiger partial charge on any atom is 0.230 e. The first-order valence-electron chi connectivity index (χ1n) is 6.34. The minimum Gasteiger partial charge on any atom is -0.353 e. The molecule has 0 saturated carbocycles. The first-order valence-corrected chi connectivity index (χ1v) is 8.14. The lowest BCUT2D eigenvalue weighted by Crippen LogP contribution is -2.33. The normalized spacial score (nSPS) is 12.4. The summed E-state index contributed by atoms with van der Waals surface area (Å²) in [6.45, 7) is 6.16. The van der Waals surface area contributed by atoms with Gasteiger partial charge >= 0.3 is 0 Å². The van der Waals surface area contributed by atoms with Crippen LogP contribution in [0.1, 0.15) is 44.5 Å². The molecule has 1 rings (SSSR count). The quantitative estimate of drug-likeness (QED) is 0.590. The van der Waals surface area contributed by atoms with Crippen LogP contribution in [0.3, 0.4) is 0 Å². The Bertz CT molecular complexity index is 368. The fourth-order valence-electron chi connectivity index (χ4n) is 1.55. The Labute approximate surface area is 117 Å². The van der Waals surface area contributed by atoms with E-state index in [0.717, 1.165) is 15.8 Å². The van der Waals surface area contributed by atoms with E-state index in [0.29, 0.717) is 5.75 Å². The molecule has 4 nitrogen and oxygen atoms in total. The molecular formula is C12H21N3OS2. The topological polar surface area (TPSA) is 54.9 Å². The molecule has 0 aliphatic rings. The van der Waals surface area contributed by atoms with Crippen molar-refractivity contribution in [2.24, 2.45) is 0 Å². The Morgan fingerprint density at radius 3 is 2.83 bits per heavy atom. The van der Waals surface area contributed by atoms with Crippen LogP contribution in [0.15, 0.2) is 4.34 Å². The third kappa shape index (κ3) is 6.35. The first kappa shape index (κ1) is 15.4. The van der Waals surface area contributed by atoms with E-state index in [1.807, 2.05) is 6.92 Å². The van der Waals surface area contributed by atoms with Gasteiger partial charge in [-0.05, 0) is 20.3 Å². The Balaban J connectivity index is 2.16. The molecule has 1 amide bonds. The van der Waals surface area contributed by atoms with Gasteiger partial charge in [-0.3, -0.25) is 4.79 Å². The molecule has 1 atom stereocenters. The van der Waals surface area contributed by atoms with Crippen molar-refractivity contribution in [2.75, 3.05) is 5.75 Å². The van der Waals surface area contributed by atoms with Gasteiger partial charge in [-0.1, -0.05) is 49.3 Å². The zero-order valence-corrected chi connectivity index (χ0v) is 12.9. The number of aromatic nitrogens is 2. The van der Waals surface area contributed by atoms with Crippen molar-refractivity contribution < 1.29 is 4.79 Å². The maximum atomic E-state index is 11.7. The second kappa shape index (κ2) is 8.48. The Morgan fingerprint density at radius 1 is 1.44 bits per heavy atom. The van der Waals surface area contributed by atoms with Crippen LogP contribution in [0.25, 0.3) is 0 Å². The highest BCUT2D eigenvalue weighted by Gasteiger charge is 2.09. The van der Waals surface area contributed by atoms with Crippen molar-refractivity contribution in [3.8, 4) is 0 Å². The molecule has 1 N–H and O–H groups in total. The van der Waals surface area contributed by atoms with Crippen molar-refractivity contribution in [1.29, 1.82) is 0 Å². The number of nitrogens with zero attached hydrogens (tertiary/aromatic N) is 2. The van der Waals surface area contributed by atoms with Gasteiger partial charge in [0.05, 0.1) is 5.75 Å². The molecule has 1 aromatic rings. The fourth-order valence-corrected chi connectivity index (χ4v) is 3.18. The highest BCUT2D eigenvalue weighted by atomic mass is 32.2. The highest BCUT2D eigenvalue weighted by molar-refractivity contribution is 8.01. The minimum atomic E-state index is 0.0804. The van der Waals surface area contributed by atoms with E-state index in [9.17, 15) is 4.79 Å². The zero-order valence-electron chi connectivity index (χ0n) is 11.2. The zero-order chi connectivity index (χ0) is 13.4. The second-order valence-corrected chi connectivity index (χ2v) is 6.74. The van der Waals surface area contributed by atoms with Gasteiger partial charge in [0.25, 0.3) is 0 Å². The minimum absolute atomic E-state index is 0.0804. The number of thioether (sulfide) groups is 1. The van der Waals surface area contributed by atoms with Gasteiger partial charge in [-0.15, -0.1) is 10.2 Å². The molecule has 0 saturated heterocycles. The summed E-state index contributed by atoms with van der Waals surface area (Å²) in [5.74, 6) is 0.504. The third-order valence-electron chi connectivity index (χ3n) is 2.48. The van der Waals surface area contributed by atoms with Crippen LogP contribution in [-0.4, -0.2) is 27.9 Å². The number of unbranched alkanes of at least 4 members (excludes halogenated alkanes) is 2. The lowest BCUT2D eigenvalue weighted by atomic mass is 10.1. The van der Waals surface area contributed by atoms with Crippen molar-refractivity contribution in [3.05, 3.63) is 5.01 Å². The Kier molecular flexibility index (Phi) is 7.27. The molecule has 0 fully saturated rings. The molecule has 0 radical (unpaired) electrons. The Morgan fingerprint density at radius 2 is 2.22 bits per heavy atom. The van der Waals surface area contributed by atoms with Crippen LogP contribution in [0.5, 0.6) is 0 Å².